The van der Waals surface area contributed by atoms with Gasteiger partial charge in [0.25, 0.3) is 0 Å². The molecule has 4 nitrogen and oxygen atoms in total. The highest BCUT2D eigenvalue weighted by Gasteiger charge is 2.17. The van der Waals surface area contributed by atoms with Gasteiger partial charge in [-0.05, 0) is 12.8 Å². The van der Waals surface area contributed by atoms with Crippen molar-refractivity contribution in [2.45, 2.75) is 12.8 Å². The average Bonchev–Trinajstić information content (AvgIpc) is 2.56. The van der Waals surface area contributed by atoms with Crippen LogP contribution in [0.15, 0.2) is 11.4 Å². The fourth-order valence-corrected chi connectivity index (χ4v) is 1.50. The molecule has 0 bridgehead atoms. The highest BCUT2D eigenvalue weighted by molar-refractivity contribution is 7.80. The lowest BCUT2D eigenvalue weighted by molar-refractivity contribution is 0.420. The summed E-state index contributed by atoms with van der Waals surface area (Å²) < 4.78 is 0. The number of rotatable bonds is 2. The minimum absolute atomic E-state index is 0.0758. The first-order chi connectivity index (χ1) is 6.16. The average molecular weight is 196 g/mol. The normalized spacial score (nSPS) is 17.9. The molecule has 0 radical (unpaired) electrons. The van der Waals surface area contributed by atoms with E-state index in [1.807, 2.05) is 11.0 Å². The van der Waals surface area contributed by atoms with Gasteiger partial charge in [-0.2, -0.15) is 5.26 Å². The second-order valence-corrected chi connectivity index (χ2v) is 3.37. The quantitative estimate of drug-likeness (QED) is 0.371. The number of nitriles is 1. The van der Waals surface area contributed by atoms with Crippen molar-refractivity contribution in [1.82, 2.24) is 4.90 Å². The second-order valence-electron chi connectivity index (χ2n) is 2.93. The monoisotopic (exact) mass is 196 g/mol. The molecule has 0 unspecified atom stereocenters. The van der Waals surface area contributed by atoms with Crippen LogP contribution in [0.4, 0.5) is 0 Å². The van der Waals surface area contributed by atoms with Crippen LogP contribution in [0.5, 0.6) is 0 Å². The Morgan fingerprint density at radius 2 is 1.85 bits per heavy atom. The van der Waals surface area contributed by atoms with Crippen LogP contribution in [0.3, 0.4) is 0 Å². The summed E-state index contributed by atoms with van der Waals surface area (Å²) in [5, 5.41) is 8.75. The van der Waals surface area contributed by atoms with E-state index in [1.165, 1.54) is 0 Å². The molecule has 0 atom stereocenters. The van der Waals surface area contributed by atoms with Crippen LogP contribution in [0.25, 0.3) is 0 Å². The van der Waals surface area contributed by atoms with Crippen LogP contribution in [-0.2, 0) is 0 Å². The summed E-state index contributed by atoms with van der Waals surface area (Å²) in [6.07, 6.45) is 2.22. The highest BCUT2D eigenvalue weighted by Crippen LogP contribution is 2.13. The number of hydrogen-bond acceptors (Lipinski definition) is 4. The third-order valence-corrected chi connectivity index (χ3v) is 2.27. The molecule has 0 aliphatic carbocycles. The largest absolute Gasteiger partial charge is 0.389 e. The van der Waals surface area contributed by atoms with Gasteiger partial charge >= 0.3 is 0 Å². The first-order valence-electron chi connectivity index (χ1n) is 4.11. The van der Waals surface area contributed by atoms with Gasteiger partial charge in [0, 0.05) is 13.1 Å². The van der Waals surface area contributed by atoms with Gasteiger partial charge in [0.15, 0.2) is 0 Å². The van der Waals surface area contributed by atoms with Crippen molar-refractivity contribution in [2.75, 3.05) is 13.1 Å². The highest BCUT2D eigenvalue weighted by atomic mass is 32.1. The number of nitrogens with two attached hydrogens (primary N) is 2. The topological polar surface area (TPSA) is 79.1 Å². The van der Waals surface area contributed by atoms with Crippen molar-refractivity contribution in [1.29, 1.82) is 5.26 Å². The molecule has 70 valence electrons. The molecule has 1 aliphatic heterocycles. The van der Waals surface area contributed by atoms with Crippen molar-refractivity contribution >= 4 is 17.2 Å². The molecule has 0 aromatic heterocycles. The maximum absolute atomic E-state index is 8.75. The van der Waals surface area contributed by atoms with Gasteiger partial charge in [-0.3, -0.25) is 0 Å². The summed E-state index contributed by atoms with van der Waals surface area (Å²) in [6, 6.07) is 1.92. The van der Waals surface area contributed by atoms with Crippen molar-refractivity contribution in [3.8, 4) is 6.07 Å². The predicted molar refractivity (Wildman–Crippen MR) is 54.4 cm³/mol. The van der Waals surface area contributed by atoms with E-state index in [9.17, 15) is 0 Å². The molecular formula is C8H12N4S. The van der Waals surface area contributed by atoms with Gasteiger partial charge in [-0.25, -0.2) is 0 Å². The fourth-order valence-electron chi connectivity index (χ4n) is 1.35. The van der Waals surface area contributed by atoms with E-state index in [0.29, 0.717) is 5.82 Å². The standard InChI is InChI=1S/C8H12N4S/c9-5-6(8(11)13)7(10)12-3-1-2-4-12/h1-4,10H2,(H2,11,13)/b7-6-. The lowest BCUT2D eigenvalue weighted by Gasteiger charge is -2.18. The lowest BCUT2D eigenvalue weighted by atomic mass is 10.3. The zero-order valence-electron chi connectivity index (χ0n) is 7.29. The Kier molecular flexibility index (Phi) is 3.09. The first-order valence-corrected chi connectivity index (χ1v) is 4.52. The zero-order chi connectivity index (χ0) is 9.84. The van der Waals surface area contributed by atoms with Gasteiger partial charge in [-0.1, -0.05) is 12.2 Å². The SMILES string of the molecule is N#C/C(C(N)=S)=C(\N)N1CCCC1. The number of nitrogens with zero attached hydrogens (tertiary/aromatic N) is 2. The second kappa shape index (κ2) is 4.10. The van der Waals surface area contributed by atoms with E-state index in [2.05, 4.69) is 0 Å². The Balaban J connectivity index is 2.87. The predicted octanol–water partition coefficient (Wildman–Crippen LogP) is 0.0622. The van der Waals surface area contributed by atoms with E-state index in [4.69, 9.17) is 28.9 Å². The minimum atomic E-state index is 0.0758. The van der Waals surface area contributed by atoms with Gasteiger partial charge < -0.3 is 16.4 Å². The summed E-state index contributed by atoms with van der Waals surface area (Å²) in [5.74, 6) is 0.424. The Bertz CT molecular complexity index is 283. The van der Waals surface area contributed by atoms with Crippen molar-refractivity contribution in [3.63, 3.8) is 0 Å². The maximum Gasteiger partial charge on any atom is 0.126 e. The molecular weight excluding hydrogens is 184 g/mol. The summed E-state index contributed by atoms with van der Waals surface area (Å²) in [7, 11) is 0. The molecule has 0 aromatic rings. The molecule has 1 rings (SSSR count). The van der Waals surface area contributed by atoms with E-state index in [0.717, 1.165) is 25.9 Å². The Morgan fingerprint density at radius 1 is 1.31 bits per heavy atom. The Morgan fingerprint density at radius 3 is 2.23 bits per heavy atom. The molecule has 5 heteroatoms. The molecule has 0 aromatic carbocycles. The van der Waals surface area contributed by atoms with Gasteiger partial charge in [0.1, 0.15) is 22.5 Å². The number of hydrogen-bond donors (Lipinski definition) is 2. The van der Waals surface area contributed by atoms with Crippen molar-refractivity contribution in [3.05, 3.63) is 11.4 Å². The van der Waals surface area contributed by atoms with E-state index >= 15 is 0 Å². The van der Waals surface area contributed by atoms with Crippen LogP contribution >= 0.6 is 12.2 Å². The molecule has 13 heavy (non-hydrogen) atoms. The lowest BCUT2D eigenvalue weighted by Crippen LogP contribution is -2.29. The van der Waals surface area contributed by atoms with Crippen molar-refractivity contribution < 1.29 is 0 Å². The Hall–Kier alpha value is -1.28. The third-order valence-electron chi connectivity index (χ3n) is 2.06. The van der Waals surface area contributed by atoms with Crippen LogP contribution in [0.1, 0.15) is 12.8 Å². The first kappa shape index (κ1) is 9.81. The molecule has 1 aliphatic rings. The fraction of sp³-hybridized carbons (Fsp3) is 0.500. The summed E-state index contributed by atoms with van der Waals surface area (Å²) in [4.78, 5) is 2.02. The number of likely N-dealkylation sites (tertiary alicyclic amines) is 1. The van der Waals surface area contributed by atoms with Gasteiger partial charge in [0.05, 0.1) is 0 Å². The van der Waals surface area contributed by atoms with E-state index in [1.54, 1.807) is 0 Å². The maximum atomic E-state index is 8.75. The molecule has 1 fully saturated rings. The van der Waals surface area contributed by atoms with Crippen LogP contribution in [0.2, 0.25) is 0 Å². The van der Waals surface area contributed by atoms with E-state index in [-0.39, 0.29) is 10.6 Å². The smallest absolute Gasteiger partial charge is 0.126 e. The molecule has 0 amide bonds. The molecule has 1 heterocycles. The third kappa shape index (κ3) is 2.10. The summed E-state index contributed by atoms with van der Waals surface area (Å²) in [6.45, 7) is 1.78. The molecule has 4 N–H and O–H groups in total. The van der Waals surface area contributed by atoms with Gasteiger partial charge in [0.2, 0.25) is 0 Å². The van der Waals surface area contributed by atoms with Crippen LogP contribution < -0.4 is 11.5 Å². The summed E-state index contributed by atoms with van der Waals surface area (Å²) >= 11 is 4.72. The van der Waals surface area contributed by atoms with Crippen LogP contribution in [-0.4, -0.2) is 23.0 Å². The van der Waals surface area contributed by atoms with Gasteiger partial charge in [-0.15, -0.1) is 0 Å². The number of thiocarbonyl (C=S) groups is 1. The molecule has 1 saturated heterocycles. The van der Waals surface area contributed by atoms with E-state index < -0.39 is 0 Å². The Labute approximate surface area is 82.8 Å². The minimum Gasteiger partial charge on any atom is -0.389 e. The molecule has 0 saturated carbocycles. The van der Waals surface area contributed by atoms with Crippen LogP contribution in [0, 0.1) is 11.3 Å². The zero-order valence-corrected chi connectivity index (χ0v) is 8.10. The summed E-state index contributed by atoms with van der Waals surface area (Å²) in [5.41, 5.74) is 11.3. The molecule has 0 spiro atoms. The van der Waals surface area contributed by atoms with Crippen molar-refractivity contribution in [2.24, 2.45) is 11.5 Å².